The molecule has 0 heterocycles. The van der Waals surface area contributed by atoms with Gasteiger partial charge < -0.3 is 9.47 Å². The summed E-state index contributed by atoms with van der Waals surface area (Å²) < 4.78 is 9.95. The molecule has 1 aromatic rings. The molecule has 0 unspecified atom stereocenters. The maximum atomic E-state index is 4.98. The van der Waals surface area contributed by atoms with Gasteiger partial charge in [0.05, 0.1) is 14.2 Å². The van der Waals surface area contributed by atoms with Crippen LogP contribution in [0.25, 0.3) is 0 Å². The average molecular weight is 168 g/mol. The van der Waals surface area contributed by atoms with Crippen LogP contribution >= 0.6 is 0 Å². The lowest BCUT2D eigenvalue weighted by atomic mass is 10.3. The zero-order valence-corrected chi connectivity index (χ0v) is 8.13. The molecule has 12 heavy (non-hydrogen) atoms. The Balaban J connectivity index is 0.000000561. The maximum absolute atomic E-state index is 4.98. The van der Waals surface area contributed by atoms with Gasteiger partial charge in [0.1, 0.15) is 11.5 Å². The molecule has 0 aliphatic rings. The van der Waals surface area contributed by atoms with Crippen LogP contribution in [0.2, 0.25) is 0 Å². The monoisotopic (exact) mass is 168 g/mol. The minimum absolute atomic E-state index is 0.819. The Morgan fingerprint density at radius 2 is 1.33 bits per heavy atom. The van der Waals surface area contributed by atoms with E-state index in [0.29, 0.717) is 0 Å². The third-order valence-corrected chi connectivity index (χ3v) is 1.28. The van der Waals surface area contributed by atoms with Crippen LogP contribution in [0.5, 0.6) is 11.5 Å². The molecule has 2 nitrogen and oxygen atoms in total. The van der Waals surface area contributed by atoms with E-state index in [0.717, 1.165) is 11.5 Å². The Bertz CT molecular complexity index is 189. The normalized spacial score (nSPS) is 8.00. The van der Waals surface area contributed by atoms with Crippen LogP contribution in [0.3, 0.4) is 0 Å². The second-order valence-corrected chi connectivity index (χ2v) is 1.88. The van der Waals surface area contributed by atoms with Gasteiger partial charge in [0, 0.05) is 6.07 Å². The number of hydrogen-bond acceptors (Lipinski definition) is 2. The average Bonchev–Trinajstić information content (AvgIpc) is 2.21. The predicted molar refractivity (Wildman–Crippen MR) is 50.9 cm³/mol. The van der Waals surface area contributed by atoms with Crippen molar-refractivity contribution >= 4 is 0 Å². The first-order valence-electron chi connectivity index (χ1n) is 4.05. The van der Waals surface area contributed by atoms with E-state index in [1.165, 1.54) is 0 Å². The van der Waals surface area contributed by atoms with Gasteiger partial charge in [-0.05, 0) is 12.1 Å². The second kappa shape index (κ2) is 6.53. The summed E-state index contributed by atoms with van der Waals surface area (Å²) >= 11 is 0. The van der Waals surface area contributed by atoms with E-state index in [2.05, 4.69) is 0 Å². The summed E-state index contributed by atoms with van der Waals surface area (Å²) in [5.74, 6) is 1.64. The van der Waals surface area contributed by atoms with Crippen molar-refractivity contribution in [2.75, 3.05) is 14.2 Å². The van der Waals surface area contributed by atoms with Crippen molar-refractivity contribution in [2.45, 2.75) is 13.8 Å². The lowest BCUT2D eigenvalue weighted by Crippen LogP contribution is -1.84. The molecular weight excluding hydrogens is 152 g/mol. The topological polar surface area (TPSA) is 18.5 Å². The van der Waals surface area contributed by atoms with Crippen LogP contribution in [0, 0.1) is 0 Å². The third kappa shape index (κ3) is 3.28. The quantitative estimate of drug-likeness (QED) is 0.676. The highest BCUT2D eigenvalue weighted by atomic mass is 16.5. The van der Waals surface area contributed by atoms with Crippen LogP contribution in [-0.2, 0) is 0 Å². The molecule has 0 radical (unpaired) electrons. The molecule has 0 saturated carbocycles. The van der Waals surface area contributed by atoms with Crippen LogP contribution in [0.1, 0.15) is 13.8 Å². The van der Waals surface area contributed by atoms with Gasteiger partial charge in [-0.1, -0.05) is 19.9 Å². The lowest BCUT2D eigenvalue weighted by Gasteiger charge is -2.01. The summed E-state index contributed by atoms with van der Waals surface area (Å²) in [5.41, 5.74) is 0. The molecule has 0 spiro atoms. The van der Waals surface area contributed by atoms with Crippen molar-refractivity contribution in [1.82, 2.24) is 0 Å². The molecule has 1 aromatic carbocycles. The molecule has 0 bridgehead atoms. The van der Waals surface area contributed by atoms with Gasteiger partial charge in [-0.2, -0.15) is 0 Å². The molecule has 0 atom stereocenters. The first kappa shape index (κ1) is 10.8. The van der Waals surface area contributed by atoms with Crippen molar-refractivity contribution in [2.24, 2.45) is 0 Å². The Hall–Kier alpha value is -1.18. The van der Waals surface area contributed by atoms with Crippen molar-refractivity contribution in [3.05, 3.63) is 24.3 Å². The van der Waals surface area contributed by atoms with Gasteiger partial charge in [0.2, 0.25) is 0 Å². The molecule has 0 aliphatic carbocycles. The fourth-order valence-corrected chi connectivity index (χ4v) is 0.728. The number of rotatable bonds is 2. The van der Waals surface area contributed by atoms with Crippen molar-refractivity contribution < 1.29 is 9.47 Å². The van der Waals surface area contributed by atoms with Gasteiger partial charge in [0.25, 0.3) is 0 Å². The standard InChI is InChI=1S/C8H10O2.C2H6/c1-9-7-4-3-5-8(6-7)10-2;1-2/h3-6H,1-2H3;1-2H3. The Labute approximate surface area is 74.1 Å². The molecule has 0 fully saturated rings. The minimum Gasteiger partial charge on any atom is -0.497 e. The van der Waals surface area contributed by atoms with Gasteiger partial charge >= 0.3 is 0 Å². The summed E-state index contributed by atoms with van der Waals surface area (Å²) in [6.45, 7) is 4.00. The van der Waals surface area contributed by atoms with Crippen LogP contribution in [0.15, 0.2) is 24.3 Å². The largest absolute Gasteiger partial charge is 0.497 e. The minimum atomic E-state index is 0.819. The smallest absolute Gasteiger partial charge is 0.122 e. The molecule has 0 aromatic heterocycles. The second-order valence-electron chi connectivity index (χ2n) is 1.88. The van der Waals surface area contributed by atoms with Crippen LogP contribution in [-0.4, -0.2) is 14.2 Å². The van der Waals surface area contributed by atoms with Gasteiger partial charge in [-0.25, -0.2) is 0 Å². The van der Waals surface area contributed by atoms with E-state index < -0.39 is 0 Å². The summed E-state index contributed by atoms with van der Waals surface area (Å²) in [5, 5.41) is 0. The Morgan fingerprint density at radius 1 is 0.917 bits per heavy atom. The number of methoxy groups -OCH3 is 2. The fourth-order valence-electron chi connectivity index (χ4n) is 0.728. The van der Waals surface area contributed by atoms with E-state index in [1.54, 1.807) is 14.2 Å². The molecule has 68 valence electrons. The van der Waals surface area contributed by atoms with Crippen molar-refractivity contribution in [3.8, 4) is 11.5 Å². The van der Waals surface area contributed by atoms with Crippen molar-refractivity contribution in [3.63, 3.8) is 0 Å². The molecular formula is C10H16O2. The summed E-state index contributed by atoms with van der Waals surface area (Å²) in [6, 6.07) is 7.47. The summed E-state index contributed by atoms with van der Waals surface area (Å²) in [4.78, 5) is 0. The Kier molecular flexibility index (Phi) is 5.88. The van der Waals surface area contributed by atoms with E-state index in [9.17, 15) is 0 Å². The van der Waals surface area contributed by atoms with E-state index in [4.69, 9.17) is 9.47 Å². The molecule has 1 rings (SSSR count). The molecule has 0 amide bonds. The zero-order chi connectivity index (χ0) is 9.40. The summed E-state index contributed by atoms with van der Waals surface area (Å²) in [7, 11) is 3.27. The molecule has 0 N–H and O–H groups in total. The predicted octanol–water partition coefficient (Wildman–Crippen LogP) is 2.73. The first-order chi connectivity index (χ1) is 5.86. The van der Waals surface area contributed by atoms with E-state index in [1.807, 2.05) is 38.1 Å². The molecule has 0 aliphatic heterocycles. The molecule has 0 saturated heterocycles. The zero-order valence-electron chi connectivity index (χ0n) is 8.13. The van der Waals surface area contributed by atoms with Gasteiger partial charge in [-0.3, -0.25) is 0 Å². The van der Waals surface area contributed by atoms with Crippen LogP contribution in [0.4, 0.5) is 0 Å². The van der Waals surface area contributed by atoms with Gasteiger partial charge in [-0.15, -0.1) is 0 Å². The number of benzene rings is 1. The highest BCUT2D eigenvalue weighted by Crippen LogP contribution is 2.17. The SMILES string of the molecule is CC.COc1cccc(OC)c1. The van der Waals surface area contributed by atoms with Gasteiger partial charge in [0.15, 0.2) is 0 Å². The highest BCUT2D eigenvalue weighted by molar-refractivity contribution is 5.32. The number of ether oxygens (including phenoxy) is 2. The van der Waals surface area contributed by atoms with E-state index in [-0.39, 0.29) is 0 Å². The third-order valence-electron chi connectivity index (χ3n) is 1.28. The Morgan fingerprint density at radius 3 is 1.67 bits per heavy atom. The molecule has 2 heteroatoms. The highest BCUT2D eigenvalue weighted by Gasteiger charge is 1.91. The summed E-state index contributed by atoms with van der Waals surface area (Å²) in [6.07, 6.45) is 0. The first-order valence-corrected chi connectivity index (χ1v) is 4.05. The fraction of sp³-hybridized carbons (Fsp3) is 0.400. The van der Waals surface area contributed by atoms with Crippen molar-refractivity contribution in [1.29, 1.82) is 0 Å². The lowest BCUT2D eigenvalue weighted by molar-refractivity contribution is 0.394. The van der Waals surface area contributed by atoms with E-state index >= 15 is 0 Å². The maximum Gasteiger partial charge on any atom is 0.122 e. The van der Waals surface area contributed by atoms with Crippen LogP contribution < -0.4 is 9.47 Å². The number of hydrogen-bond donors (Lipinski definition) is 0.